The van der Waals surface area contributed by atoms with Crippen LogP contribution in [0.25, 0.3) is 0 Å². The van der Waals surface area contributed by atoms with Crippen molar-refractivity contribution in [1.29, 1.82) is 0 Å². The number of alkyl halides is 3. The molecule has 118 valence electrons. The minimum Gasteiger partial charge on any atom is -0.220 e. The molecule has 0 saturated carbocycles. The van der Waals surface area contributed by atoms with E-state index in [1.54, 1.807) is 26.6 Å². The van der Waals surface area contributed by atoms with E-state index in [0.29, 0.717) is 5.57 Å². The van der Waals surface area contributed by atoms with Gasteiger partial charge in [0.2, 0.25) is 0 Å². The third kappa shape index (κ3) is 7.26. The molecular formula is C13H18F3NO2SSi. The molecule has 0 aromatic rings. The normalized spacial score (nSPS) is 11.8. The molecule has 0 saturated heterocycles. The van der Waals surface area contributed by atoms with E-state index in [1.165, 1.54) is 0 Å². The van der Waals surface area contributed by atoms with Gasteiger partial charge in [-0.05, 0) is 12.5 Å². The summed E-state index contributed by atoms with van der Waals surface area (Å²) in [4.78, 5) is 0. The Balaban J connectivity index is 5.37. The van der Waals surface area contributed by atoms with Crippen LogP contribution in [-0.2, 0) is 10.0 Å². The van der Waals surface area contributed by atoms with Crippen molar-refractivity contribution < 1.29 is 21.6 Å². The maximum atomic E-state index is 12.6. The van der Waals surface area contributed by atoms with E-state index >= 15 is 0 Å². The summed E-state index contributed by atoms with van der Waals surface area (Å²) in [5.74, 6) is 5.13. The van der Waals surface area contributed by atoms with Gasteiger partial charge in [0, 0.05) is 12.5 Å². The van der Waals surface area contributed by atoms with Crippen molar-refractivity contribution in [2.24, 2.45) is 0 Å². The van der Waals surface area contributed by atoms with Gasteiger partial charge in [0.05, 0.1) is 6.54 Å². The summed E-state index contributed by atoms with van der Waals surface area (Å²) >= 11 is 0. The van der Waals surface area contributed by atoms with Gasteiger partial charge in [0.25, 0.3) is 0 Å². The number of allylic oxidation sites excluding steroid dienone is 1. The molecule has 0 radical (unpaired) electrons. The molecule has 0 atom stereocenters. The molecule has 0 unspecified atom stereocenters. The molecule has 0 bridgehead atoms. The van der Waals surface area contributed by atoms with Crippen molar-refractivity contribution >= 4 is 18.1 Å². The van der Waals surface area contributed by atoms with E-state index in [4.69, 9.17) is 0 Å². The van der Waals surface area contributed by atoms with Crippen molar-refractivity contribution in [1.82, 2.24) is 4.31 Å². The van der Waals surface area contributed by atoms with E-state index < -0.39 is 30.2 Å². The predicted molar refractivity (Wildman–Crippen MR) is 80.0 cm³/mol. The second-order valence-corrected chi connectivity index (χ2v) is 11.9. The van der Waals surface area contributed by atoms with Gasteiger partial charge in [0.15, 0.2) is 0 Å². The Kier molecular flexibility index (Phi) is 6.59. The van der Waals surface area contributed by atoms with Gasteiger partial charge in [-0.1, -0.05) is 38.1 Å². The Labute approximate surface area is 125 Å². The molecule has 0 aliphatic carbocycles. The zero-order valence-corrected chi connectivity index (χ0v) is 14.2. The van der Waals surface area contributed by atoms with Crippen LogP contribution < -0.4 is 0 Å². The fraction of sp³-hybridized carbons (Fsp3) is 0.538. The predicted octanol–water partition coefficient (Wildman–Crippen LogP) is 2.95. The van der Waals surface area contributed by atoms with Crippen LogP contribution in [0.2, 0.25) is 19.6 Å². The van der Waals surface area contributed by atoms with E-state index in [0.717, 1.165) is 0 Å². The Morgan fingerprint density at radius 3 is 2.19 bits per heavy atom. The zero-order valence-electron chi connectivity index (χ0n) is 12.4. The van der Waals surface area contributed by atoms with Gasteiger partial charge in [-0.2, -0.15) is 21.6 Å². The van der Waals surface area contributed by atoms with Gasteiger partial charge in [0.1, 0.15) is 8.07 Å². The SMILES string of the molecule is C=C(C)C#CCCN(C#C[Si](C)(C)C)S(=O)(=O)C(F)(F)F. The second-order valence-electron chi connectivity index (χ2n) is 5.34. The monoisotopic (exact) mass is 337 g/mol. The molecule has 0 aliphatic rings. The molecule has 0 heterocycles. The summed E-state index contributed by atoms with van der Waals surface area (Å²) in [6.45, 7) is 10.1. The third-order valence-corrected chi connectivity index (χ3v) is 4.18. The van der Waals surface area contributed by atoms with Crippen LogP contribution in [-0.4, -0.2) is 32.8 Å². The van der Waals surface area contributed by atoms with Crippen LogP contribution in [0.1, 0.15) is 13.3 Å². The highest BCUT2D eigenvalue weighted by Gasteiger charge is 2.49. The zero-order chi connectivity index (χ0) is 16.9. The topological polar surface area (TPSA) is 37.4 Å². The summed E-state index contributed by atoms with van der Waals surface area (Å²) in [6, 6.07) is 2.14. The molecule has 0 N–H and O–H groups in total. The molecule has 8 heteroatoms. The minimum atomic E-state index is -5.47. The molecule has 21 heavy (non-hydrogen) atoms. The first-order chi connectivity index (χ1) is 9.27. The van der Waals surface area contributed by atoms with Crippen LogP contribution in [0.15, 0.2) is 12.2 Å². The van der Waals surface area contributed by atoms with Crippen molar-refractivity contribution in [2.75, 3.05) is 6.54 Å². The van der Waals surface area contributed by atoms with E-state index in [9.17, 15) is 21.6 Å². The number of nitrogens with zero attached hydrogens (tertiary/aromatic N) is 1. The maximum absolute atomic E-state index is 12.6. The van der Waals surface area contributed by atoms with Gasteiger partial charge in [-0.25, -0.2) is 4.31 Å². The summed E-state index contributed by atoms with van der Waals surface area (Å²) in [5, 5.41) is 0. The van der Waals surface area contributed by atoms with Crippen LogP contribution in [0.3, 0.4) is 0 Å². The number of sulfonamides is 1. The van der Waals surface area contributed by atoms with E-state index in [-0.39, 0.29) is 10.7 Å². The molecule has 0 aromatic carbocycles. The lowest BCUT2D eigenvalue weighted by Gasteiger charge is -2.19. The van der Waals surface area contributed by atoms with Crippen LogP contribution in [0.5, 0.6) is 0 Å². The largest absolute Gasteiger partial charge is 0.517 e. The van der Waals surface area contributed by atoms with E-state index in [2.05, 4.69) is 30.0 Å². The number of hydrogen-bond acceptors (Lipinski definition) is 2. The lowest BCUT2D eigenvalue weighted by molar-refractivity contribution is -0.0474. The Hall–Kier alpha value is -1.38. The van der Waals surface area contributed by atoms with Crippen molar-refractivity contribution in [3.8, 4) is 23.4 Å². The third-order valence-electron chi connectivity index (χ3n) is 1.88. The molecule has 0 fully saturated rings. The van der Waals surface area contributed by atoms with Crippen LogP contribution in [0, 0.1) is 23.4 Å². The lowest BCUT2D eigenvalue weighted by Crippen LogP contribution is -2.38. The first-order valence-electron chi connectivity index (χ1n) is 6.03. The Morgan fingerprint density at radius 2 is 1.81 bits per heavy atom. The smallest absolute Gasteiger partial charge is 0.220 e. The van der Waals surface area contributed by atoms with Crippen molar-refractivity contribution in [3.63, 3.8) is 0 Å². The molecule has 0 aliphatic heterocycles. The van der Waals surface area contributed by atoms with Crippen molar-refractivity contribution in [2.45, 2.75) is 38.5 Å². The fourth-order valence-corrected chi connectivity index (χ4v) is 2.26. The highest BCUT2D eigenvalue weighted by atomic mass is 32.2. The van der Waals surface area contributed by atoms with Gasteiger partial charge in [-0.15, -0.1) is 5.54 Å². The highest BCUT2D eigenvalue weighted by molar-refractivity contribution is 7.90. The average molecular weight is 337 g/mol. The summed E-state index contributed by atoms with van der Waals surface area (Å²) in [5.41, 5.74) is -2.20. The lowest BCUT2D eigenvalue weighted by atomic mass is 10.3. The quantitative estimate of drug-likeness (QED) is 0.451. The standard InChI is InChI=1S/C13H18F3NO2SSi/c1-12(2)8-6-7-9-17(10-11-21(3,4)5)20(18,19)13(14,15)16/h1,7,9H2,2-5H3. The second kappa shape index (κ2) is 7.06. The van der Waals surface area contributed by atoms with E-state index in [1.807, 2.05) is 0 Å². The fourth-order valence-electron chi connectivity index (χ4n) is 0.962. The summed E-state index contributed by atoms with van der Waals surface area (Å²) in [7, 11) is -7.48. The molecule has 0 aromatic heterocycles. The molecule has 0 rings (SSSR count). The number of rotatable bonds is 3. The van der Waals surface area contributed by atoms with Gasteiger partial charge in [-0.3, -0.25) is 0 Å². The van der Waals surface area contributed by atoms with Crippen LogP contribution in [0.4, 0.5) is 13.2 Å². The highest BCUT2D eigenvalue weighted by Crippen LogP contribution is 2.26. The molecule has 0 amide bonds. The van der Waals surface area contributed by atoms with Crippen molar-refractivity contribution in [3.05, 3.63) is 12.2 Å². The molecule has 0 spiro atoms. The Bertz CT molecular complexity index is 610. The Morgan fingerprint density at radius 1 is 1.29 bits per heavy atom. The maximum Gasteiger partial charge on any atom is 0.517 e. The minimum absolute atomic E-state index is 0.0530. The van der Waals surface area contributed by atoms with Gasteiger partial charge >= 0.3 is 15.5 Å². The summed E-state index contributed by atoms with van der Waals surface area (Å²) in [6.07, 6.45) is -0.0530. The molecule has 3 nitrogen and oxygen atoms in total. The van der Waals surface area contributed by atoms with Crippen LogP contribution >= 0.6 is 0 Å². The molecular weight excluding hydrogens is 319 g/mol. The van der Waals surface area contributed by atoms with Gasteiger partial charge < -0.3 is 0 Å². The first-order valence-corrected chi connectivity index (χ1v) is 11.0. The summed E-state index contributed by atoms with van der Waals surface area (Å²) < 4.78 is 60.8. The number of halogens is 3. The number of hydrogen-bond donors (Lipinski definition) is 0. The first kappa shape index (κ1) is 19.6. The average Bonchev–Trinajstić information content (AvgIpc) is 2.24.